The Morgan fingerprint density at radius 3 is 2.44 bits per heavy atom. The highest BCUT2D eigenvalue weighted by atomic mass is 16.1. The molecule has 0 aliphatic heterocycles. The van der Waals surface area contributed by atoms with Crippen molar-refractivity contribution in [3.8, 4) is 0 Å². The number of aromatic nitrogens is 2. The molecule has 0 fully saturated rings. The summed E-state index contributed by atoms with van der Waals surface area (Å²) in [6, 6.07) is 0. The van der Waals surface area contributed by atoms with E-state index in [-0.39, 0.29) is 18.2 Å². The number of rotatable bonds is 7. The first-order valence-corrected chi connectivity index (χ1v) is 6.17. The van der Waals surface area contributed by atoms with Crippen molar-refractivity contribution in [2.75, 3.05) is 23.7 Å². The maximum atomic E-state index is 10.7. The predicted octanol–water partition coefficient (Wildman–Crippen LogP) is 1.32. The van der Waals surface area contributed by atoms with Gasteiger partial charge in [0.1, 0.15) is 18.0 Å². The fourth-order valence-corrected chi connectivity index (χ4v) is 1.70. The smallest absolute Gasteiger partial charge is 0.219 e. The number of anilines is 2. The molecule has 1 heterocycles. The highest BCUT2D eigenvalue weighted by Crippen LogP contribution is 2.27. The Labute approximate surface area is 107 Å². The molecule has 100 valence electrons. The molecule has 0 aromatic carbocycles. The number of nitrogens with two attached hydrogens (primary N) is 1. The van der Waals surface area contributed by atoms with E-state index >= 15 is 0 Å². The summed E-state index contributed by atoms with van der Waals surface area (Å²) in [5.74, 6) is 1.56. The molecule has 4 N–H and O–H groups in total. The van der Waals surface area contributed by atoms with Crippen LogP contribution in [0.5, 0.6) is 0 Å². The van der Waals surface area contributed by atoms with Crippen molar-refractivity contribution in [1.82, 2.24) is 9.97 Å². The molecule has 18 heavy (non-hydrogen) atoms. The summed E-state index contributed by atoms with van der Waals surface area (Å²) in [6.45, 7) is 7.47. The Kier molecular flexibility index (Phi) is 5.35. The summed E-state index contributed by atoms with van der Waals surface area (Å²) in [4.78, 5) is 19.2. The molecule has 0 bridgehead atoms. The van der Waals surface area contributed by atoms with Gasteiger partial charge in [0.25, 0.3) is 0 Å². The second-order valence-electron chi connectivity index (χ2n) is 4.31. The Hall–Kier alpha value is -1.85. The first-order chi connectivity index (χ1) is 8.56. The molecule has 1 aromatic heterocycles. The van der Waals surface area contributed by atoms with Crippen LogP contribution in [0.1, 0.15) is 38.7 Å². The predicted molar refractivity (Wildman–Crippen MR) is 72.6 cm³/mol. The Morgan fingerprint density at radius 2 is 1.94 bits per heavy atom. The van der Waals surface area contributed by atoms with Crippen molar-refractivity contribution < 1.29 is 4.79 Å². The number of carbonyl (C=O) groups excluding carboxylic acids is 1. The van der Waals surface area contributed by atoms with Gasteiger partial charge in [0.2, 0.25) is 5.91 Å². The van der Waals surface area contributed by atoms with Crippen LogP contribution in [0.3, 0.4) is 0 Å². The highest BCUT2D eigenvalue weighted by Gasteiger charge is 2.14. The lowest BCUT2D eigenvalue weighted by molar-refractivity contribution is -0.117. The molecule has 6 heteroatoms. The van der Waals surface area contributed by atoms with Crippen LogP contribution >= 0.6 is 0 Å². The van der Waals surface area contributed by atoms with Gasteiger partial charge >= 0.3 is 0 Å². The second-order valence-corrected chi connectivity index (χ2v) is 4.31. The molecule has 0 atom stereocenters. The van der Waals surface area contributed by atoms with E-state index < -0.39 is 0 Å². The van der Waals surface area contributed by atoms with E-state index in [2.05, 4.69) is 34.4 Å². The van der Waals surface area contributed by atoms with Crippen LogP contribution in [0.4, 0.5) is 11.6 Å². The molecule has 0 saturated heterocycles. The van der Waals surface area contributed by atoms with Crippen molar-refractivity contribution in [3.63, 3.8) is 0 Å². The molecular formula is C12H21N5O. The van der Waals surface area contributed by atoms with Crippen LogP contribution in [0, 0.1) is 0 Å². The van der Waals surface area contributed by atoms with Crippen LogP contribution in [0.15, 0.2) is 6.33 Å². The highest BCUT2D eigenvalue weighted by molar-refractivity contribution is 5.74. The summed E-state index contributed by atoms with van der Waals surface area (Å²) < 4.78 is 0. The minimum atomic E-state index is -0.324. The monoisotopic (exact) mass is 251 g/mol. The van der Waals surface area contributed by atoms with E-state index in [0.29, 0.717) is 6.54 Å². The molecule has 0 aliphatic carbocycles. The number of amides is 1. The Bertz CT molecular complexity index is 405. The van der Waals surface area contributed by atoms with Gasteiger partial charge in [0.15, 0.2) is 0 Å². The Balaban J connectivity index is 2.88. The summed E-state index contributed by atoms with van der Waals surface area (Å²) >= 11 is 0. The van der Waals surface area contributed by atoms with Gasteiger partial charge in [-0.3, -0.25) is 4.79 Å². The fourth-order valence-electron chi connectivity index (χ4n) is 1.70. The number of carbonyl (C=O) groups is 1. The van der Waals surface area contributed by atoms with E-state index in [9.17, 15) is 4.79 Å². The average Bonchev–Trinajstić information content (AvgIpc) is 2.28. The molecule has 1 rings (SSSR count). The molecular weight excluding hydrogens is 230 g/mol. The summed E-state index contributed by atoms with van der Waals surface area (Å²) in [7, 11) is 0. The zero-order chi connectivity index (χ0) is 13.5. The van der Waals surface area contributed by atoms with Crippen molar-refractivity contribution in [2.45, 2.75) is 33.1 Å². The van der Waals surface area contributed by atoms with Crippen LogP contribution in [-0.4, -0.2) is 29.0 Å². The topological polar surface area (TPSA) is 92.9 Å². The lowest BCUT2D eigenvalue weighted by Gasteiger charge is -2.17. The lowest BCUT2D eigenvalue weighted by atomic mass is 10.0. The minimum Gasteiger partial charge on any atom is -0.370 e. The molecule has 0 radical (unpaired) electrons. The maximum absolute atomic E-state index is 10.7. The van der Waals surface area contributed by atoms with E-state index in [1.807, 2.05) is 6.92 Å². The number of hydrogen-bond donors (Lipinski definition) is 3. The van der Waals surface area contributed by atoms with Crippen molar-refractivity contribution in [2.24, 2.45) is 5.73 Å². The van der Waals surface area contributed by atoms with E-state index in [0.717, 1.165) is 23.7 Å². The van der Waals surface area contributed by atoms with Gasteiger partial charge in [-0.1, -0.05) is 13.8 Å². The van der Waals surface area contributed by atoms with Gasteiger partial charge in [-0.05, 0) is 12.8 Å². The average molecular weight is 251 g/mol. The van der Waals surface area contributed by atoms with Gasteiger partial charge < -0.3 is 16.4 Å². The molecule has 0 unspecified atom stereocenters. The largest absolute Gasteiger partial charge is 0.370 e. The van der Waals surface area contributed by atoms with Crippen LogP contribution in [-0.2, 0) is 4.79 Å². The second kappa shape index (κ2) is 6.78. The number of nitrogens with one attached hydrogen (secondary N) is 2. The van der Waals surface area contributed by atoms with Gasteiger partial charge in [-0.2, -0.15) is 0 Å². The zero-order valence-corrected chi connectivity index (χ0v) is 11.2. The lowest BCUT2D eigenvalue weighted by Crippen LogP contribution is -2.17. The van der Waals surface area contributed by atoms with Crippen LogP contribution < -0.4 is 16.4 Å². The summed E-state index contributed by atoms with van der Waals surface area (Å²) in [6.07, 6.45) is 1.80. The van der Waals surface area contributed by atoms with Gasteiger partial charge in [0.05, 0.1) is 0 Å². The van der Waals surface area contributed by atoms with Gasteiger partial charge in [-0.25, -0.2) is 9.97 Å². The third-order valence-corrected chi connectivity index (χ3v) is 2.47. The molecule has 1 amide bonds. The SMILES string of the molecule is CCNc1ncnc(NCCC(N)=O)c1C(C)C. The van der Waals surface area contributed by atoms with E-state index in [1.165, 1.54) is 6.33 Å². The summed E-state index contributed by atoms with van der Waals surface area (Å²) in [5, 5.41) is 6.35. The number of primary amides is 1. The molecule has 0 aliphatic rings. The Morgan fingerprint density at radius 1 is 1.33 bits per heavy atom. The number of nitrogens with zero attached hydrogens (tertiary/aromatic N) is 2. The molecule has 1 aromatic rings. The third-order valence-electron chi connectivity index (χ3n) is 2.47. The maximum Gasteiger partial charge on any atom is 0.219 e. The zero-order valence-electron chi connectivity index (χ0n) is 11.2. The van der Waals surface area contributed by atoms with Crippen molar-refractivity contribution in [3.05, 3.63) is 11.9 Å². The van der Waals surface area contributed by atoms with Gasteiger partial charge in [-0.15, -0.1) is 0 Å². The molecule has 6 nitrogen and oxygen atoms in total. The quantitative estimate of drug-likeness (QED) is 0.679. The van der Waals surface area contributed by atoms with E-state index in [1.54, 1.807) is 0 Å². The third kappa shape index (κ3) is 3.87. The summed E-state index contributed by atoms with van der Waals surface area (Å²) in [5.41, 5.74) is 6.14. The fraction of sp³-hybridized carbons (Fsp3) is 0.583. The molecule has 0 saturated carbocycles. The van der Waals surface area contributed by atoms with Crippen LogP contribution in [0.25, 0.3) is 0 Å². The van der Waals surface area contributed by atoms with Crippen molar-refractivity contribution in [1.29, 1.82) is 0 Å². The normalized spacial score (nSPS) is 10.4. The van der Waals surface area contributed by atoms with Gasteiger partial charge in [0, 0.05) is 25.1 Å². The van der Waals surface area contributed by atoms with Crippen molar-refractivity contribution >= 4 is 17.5 Å². The first kappa shape index (κ1) is 14.2. The van der Waals surface area contributed by atoms with Crippen LogP contribution in [0.2, 0.25) is 0 Å². The standard InChI is InChI=1S/C12H21N5O/c1-4-14-11-10(8(2)3)12(17-7-16-11)15-6-5-9(13)18/h7-8H,4-6H2,1-3H3,(H2,13,18)(H2,14,15,16,17). The van der Waals surface area contributed by atoms with E-state index in [4.69, 9.17) is 5.73 Å². The molecule has 0 spiro atoms. The number of hydrogen-bond acceptors (Lipinski definition) is 5. The minimum absolute atomic E-state index is 0.288. The first-order valence-electron chi connectivity index (χ1n) is 6.17.